The summed E-state index contributed by atoms with van der Waals surface area (Å²) in [5, 5.41) is 22.3. The Morgan fingerprint density at radius 2 is 1.92 bits per heavy atom. The molecule has 0 radical (unpaired) electrons. The Labute approximate surface area is 68.1 Å². The highest BCUT2D eigenvalue weighted by Crippen LogP contribution is 2.21. The van der Waals surface area contributed by atoms with Crippen molar-refractivity contribution in [3.63, 3.8) is 0 Å². The lowest BCUT2D eigenvalue weighted by atomic mass is 10.0. The zero-order chi connectivity index (χ0) is 9.35. The number of hydrogen-bond donors (Lipinski definition) is 2. The maximum atomic E-state index is 10.9. The summed E-state index contributed by atoms with van der Waals surface area (Å²) >= 11 is 0. The Kier molecular flexibility index (Phi) is 1.75. The third-order valence-electron chi connectivity index (χ3n) is 1.54. The number of esters is 1. The Morgan fingerprint density at radius 3 is 2.25 bits per heavy atom. The summed E-state index contributed by atoms with van der Waals surface area (Å²) in [5.41, 5.74) is -1.47. The van der Waals surface area contributed by atoms with Gasteiger partial charge in [-0.25, -0.2) is 4.79 Å². The van der Waals surface area contributed by atoms with E-state index < -0.39 is 11.6 Å². The van der Waals surface area contributed by atoms with Crippen molar-refractivity contribution in [2.45, 2.75) is 19.4 Å². The molecule has 1 rings (SSSR count). The number of carbonyl (C=O) groups excluding carboxylic acids is 1. The first-order valence-electron chi connectivity index (χ1n) is 3.21. The van der Waals surface area contributed by atoms with Gasteiger partial charge in [-0.05, 0) is 13.8 Å². The predicted octanol–water partition coefficient (Wildman–Crippen LogP) is -0.0178. The number of hydrogen-bond acceptors (Lipinski definition) is 6. The standard InChI is InChI=1S/C6H8N2O4/c1-6(2)4(8-11)3(7-10)5(9)12-6/h10-11H,1-2H3. The average molecular weight is 172 g/mol. The molecule has 6 nitrogen and oxygen atoms in total. The Balaban J connectivity index is 3.18. The minimum atomic E-state index is -1.03. The summed E-state index contributed by atoms with van der Waals surface area (Å²) < 4.78 is 4.74. The molecule has 1 fully saturated rings. The van der Waals surface area contributed by atoms with Crippen molar-refractivity contribution in [1.82, 2.24) is 0 Å². The van der Waals surface area contributed by atoms with Crippen LogP contribution in [0.1, 0.15) is 13.8 Å². The van der Waals surface area contributed by atoms with Crippen LogP contribution in [0.2, 0.25) is 0 Å². The molecule has 0 aromatic carbocycles. The first-order chi connectivity index (χ1) is 5.53. The number of rotatable bonds is 0. The summed E-state index contributed by atoms with van der Waals surface area (Å²) in [4.78, 5) is 10.9. The lowest BCUT2D eigenvalue weighted by molar-refractivity contribution is -0.140. The van der Waals surface area contributed by atoms with Crippen LogP contribution in [0.4, 0.5) is 0 Å². The average Bonchev–Trinajstić information content (AvgIpc) is 2.18. The fraction of sp³-hybridized carbons (Fsp3) is 0.500. The molecule has 0 atom stereocenters. The molecule has 1 aliphatic heterocycles. The van der Waals surface area contributed by atoms with Gasteiger partial charge in [0.15, 0.2) is 11.3 Å². The van der Waals surface area contributed by atoms with E-state index in [-0.39, 0.29) is 11.4 Å². The summed E-state index contributed by atoms with van der Waals surface area (Å²) in [6, 6.07) is 0. The van der Waals surface area contributed by atoms with Crippen molar-refractivity contribution in [3.8, 4) is 0 Å². The van der Waals surface area contributed by atoms with Crippen LogP contribution in [-0.2, 0) is 9.53 Å². The van der Waals surface area contributed by atoms with E-state index in [1.807, 2.05) is 0 Å². The zero-order valence-corrected chi connectivity index (χ0v) is 6.61. The minimum absolute atomic E-state index is 0.0741. The van der Waals surface area contributed by atoms with Gasteiger partial charge in [0.05, 0.1) is 0 Å². The molecular formula is C6H8N2O4. The maximum absolute atomic E-state index is 10.9. The molecule has 0 aromatic heterocycles. The van der Waals surface area contributed by atoms with E-state index in [0.29, 0.717) is 0 Å². The normalized spacial score (nSPS) is 28.0. The van der Waals surface area contributed by atoms with Crippen LogP contribution in [0, 0.1) is 0 Å². The molecule has 0 amide bonds. The quantitative estimate of drug-likeness (QED) is 0.305. The van der Waals surface area contributed by atoms with E-state index in [1.165, 1.54) is 13.8 Å². The third-order valence-corrected chi connectivity index (χ3v) is 1.54. The lowest BCUT2D eigenvalue weighted by Crippen LogP contribution is -2.30. The molecule has 2 N–H and O–H groups in total. The van der Waals surface area contributed by atoms with Crippen molar-refractivity contribution < 1.29 is 19.9 Å². The molecule has 0 aliphatic carbocycles. The van der Waals surface area contributed by atoms with Crippen LogP contribution in [-0.4, -0.2) is 33.4 Å². The summed E-state index contributed by atoms with van der Waals surface area (Å²) in [7, 11) is 0. The van der Waals surface area contributed by atoms with Crippen molar-refractivity contribution in [1.29, 1.82) is 0 Å². The Morgan fingerprint density at radius 1 is 1.33 bits per heavy atom. The maximum Gasteiger partial charge on any atom is 0.363 e. The molecule has 0 aromatic rings. The molecule has 0 saturated carbocycles. The molecule has 6 heteroatoms. The predicted molar refractivity (Wildman–Crippen MR) is 38.6 cm³/mol. The first-order valence-corrected chi connectivity index (χ1v) is 3.21. The summed E-state index contributed by atoms with van der Waals surface area (Å²) in [6.07, 6.45) is 0. The highest BCUT2D eigenvalue weighted by Gasteiger charge is 2.45. The molecule has 0 unspecified atom stereocenters. The second kappa shape index (κ2) is 2.47. The van der Waals surface area contributed by atoms with Gasteiger partial charge in [-0.3, -0.25) is 0 Å². The Bertz CT molecular complexity index is 279. The molecule has 1 aliphatic rings. The van der Waals surface area contributed by atoms with E-state index in [4.69, 9.17) is 15.2 Å². The van der Waals surface area contributed by atoms with Gasteiger partial charge in [0.25, 0.3) is 0 Å². The first kappa shape index (κ1) is 8.51. The van der Waals surface area contributed by atoms with Gasteiger partial charge in [0.2, 0.25) is 5.71 Å². The third kappa shape index (κ3) is 1.01. The molecule has 0 bridgehead atoms. The van der Waals surface area contributed by atoms with Crippen molar-refractivity contribution in [2.75, 3.05) is 0 Å². The topological polar surface area (TPSA) is 91.5 Å². The number of oxime groups is 2. The van der Waals surface area contributed by atoms with Crippen LogP contribution in [0.5, 0.6) is 0 Å². The zero-order valence-electron chi connectivity index (χ0n) is 6.61. The fourth-order valence-corrected chi connectivity index (χ4v) is 0.966. The monoisotopic (exact) mass is 172 g/mol. The number of ether oxygens (including phenoxy) is 1. The van der Waals surface area contributed by atoms with Crippen LogP contribution >= 0.6 is 0 Å². The SMILES string of the molecule is CC1(C)OC(=O)C(=NO)C1=NO. The lowest BCUT2D eigenvalue weighted by Gasteiger charge is -2.13. The Hall–Kier alpha value is -1.59. The van der Waals surface area contributed by atoms with E-state index in [2.05, 4.69) is 10.3 Å². The molecule has 0 spiro atoms. The van der Waals surface area contributed by atoms with Gasteiger partial charge in [-0.2, -0.15) is 0 Å². The number of carbonyl (C=O) groups is 1. The second-order valence-electron chi connectivity index (χ2n) is 2.80. The highest BCUT2D eigenvalue weighted by atomic mass is 16.6. The molecule has 66 valence electrons. The van der Waals surface area contributed by atoms with E-state index >= 15 is 0 Å². The fourth-order valence-electron chi connectivity index (χ4n) is 0.966. The molecule has 12 heavy (non-hydrogen) atoms. The van der Waals surface area contributed by atoms with Crippen molar-refractivity contribution in [2.24, 2.45) is 10.3 Å². The second-order valence-corrected chi connectivity index (χ2v) is 2.80. The number of nitrogens with zero attached hydrogens (tertiary/aromatic N) is 2. The van der Waals surface area contributed by atoms with Crippen LogP contribution in [0.25, 0.3) is 0 Å². The summed E-state index contributed by atoms with van der Waals surface area (Å²) in [6.45, 7) is 3.05. The van der Waals surface area contributed by atoms with Gasteiger partial charge >= 0.3 is 5.97 Å². The van der Waals surface area contributed by atoms with Crippen molar-refractivity contribution in [3.05, 3.63) is 0 Å². The van der Waals surface area contributed by atoms with E-state index in [0.717, 1.165) is 0 Å². The van der Waals surface area contributed by atoms with Crippen LogP contribution in [0.15, 0.2) is 10.3 Å². The van der Waals surface area contributed by atoms with Gasteiger partial charge < -0.3 is 15.2 Å². The van der Waals surface area contributed by atoms with Gasteiger partial charge in [0, 0.05) is 0 Å². The molecule has 1 saturated heterocycles. The van der Waals surface area contributed by atoms with Crippen LogP contribution in [0.3, 0.4) is 0 Å². The minimum Gasteiger partial charge on any atom is -0.448 e. The van der Waals surface area contributed by atoms with Gasteiger partial charge in [-0.1, -0.05) is 10.3 Å². The van der Waals surface area contributed by atoms with E-state index in [1.54, 1.807) is 0 Å². The number of cyclic esters (lactones) is 1. The van der Waals surface area contributed by atoms with Gasteiger partial charge in [-0.15, -0.1) is 0 Å². The van der Waals surface area contributed by atoms with Crippen molar-refractivity contribution >= 4 is 17.4 Å². The largest absolute Gasteiger partial charge is 0.448 e. The van der Waals surface area contributed by atoms with Gasteiger partial charge in [0.1, 0.15) is 0 Å². The molecule has 1 heterocycles. The van der Waals surface area contributed by atoms with Crippen LogP contribution < -0.4 is 0 Å². The highest BCUT2D eigenvalue weighted by molar-refractivity contribution is 6.69. The summed E-state index contributed by atoms with van der Waals surface area (Å²) in [5.74, 6) is -0.796. The molecular weight excluding hydrogens is 164 g/mol. The van der Waals surface area contributed by atoms with E-state index in [9.17, 15) is 4.79 Å². The smallest absolute Gasteiger partial charge is 0.363 e.